The van der Waals surface area contributed by atoms with Crippen molar-refractivity contribution in [3.8, 4) is 22.1 Å². The Labute approximate surface area is 171 Å². The fourth-order valence-corrected chi connectivity index (χ4v) is 5.49. The Balaban J connectivity index is 1.45. The molecule has 0 spiro atoms. The smallest absolute Gasteiger partial charge is 0.182 e. The molecule has 0 bridgehead atoms. The zero-order valence-corrected chi connectivity index (χ0v) is 16.9. The first-order valence-corrected chi connectivity index (χ1v) is 11.5. The number of hydrogen-bond donors (Lipinski definition) is 0. The predicted molar refractivity (Wildman–Crippen MR) is 111 cm³/mol. The SMILES string of the molecule is O=S(=O)(Cc1cccc(-c2nc3ccncc3s2)c1)c1ccc2c(c1)OCCO2. The number of fused-ring (bicyclic) bond motifs is 2. The van der Waals surface area contributed by atoms with Crippen LogP contribution in [-0.4, -0.2) is 31.6 Å². The number of nitrogens with zero attached hydrogens (tertiary/aromatic N) is 2. The lowest BCUT2D eigenvalue weighted by atomic mass is 10.1. The lowest BCUT2D eigenvalue weighted by molar-refractivity contribution is 0.171. The number of hydrogen-bond acceptors (Lipinski definition) is 7. The van der Waals surface area contributed by atoms with Crippen molar-refractivity contribution in [1.29, 1.82) is 0 Å². The van der Waals surface area contributed by atoms with Gasteiger partial charge in [-0.15, -0.1) is 11.3 Å². The molecular weight excluding hydrogens is 408 g/mol. The van der Waals surface area contributed by atoms with Crippen LogP contribution in [0.2, 0.25) is 0 Å². The van der Waals surface area contributed by atoms with Gasteiger partial charge in [0.05, 0.1) is 20.9 Å². The number of thiazole rings is 1. The molecule has 1 aliphatic rings. The van der Waals surface area contributed by atoms with Crippen molar-refractivity contribution >= 4 is 31.4 Å². The molecule has 0 amide bonds. The summed E-state index contributed by atoms with van der Waals surface area (Å²) in [5.74, 6) is 0.934. The van der Waals surface area contributed by atoms with Gasteiger partial charge in [0.1, 0.15) is 18.2 Å². The Bertz CT molecular complexity index is 1280. The van der Waals surface area contributed by atoms with E-state index in [9.17, 15) is 8.42 Å². The summed E-state index contributed by atoms with van der Waals surface area (Å²) >= 11 is 1.54. The Morgan fingerprint density at radius 2 is 1.86 bits per heavy atom. The number of sulfone groups is 1. The number of benzene rings is 2. The van der Waals surface area contributed by atoms with E-state index in [0.717, 1.165) is 20.8 Å². The highest BCUT2D eigenvalue weighted by atomic mass is 32.2. The molecule has 2 aromatic carbocycles. The zero-order chi connectivity index (χ0) is 19.8. The Morgan fingerprint density at radius 3 is 2.72 bits per heavy atom. The topological polar surface area (TPSA) is 78.4 Å². The van der Waals surface area contributed by atoms with Crippen LogP contribution in [0.1, 0.15) is 5.56 Å². The van der Waals surface area contributed by atoms with Gasteiger partial charge in [-0.05, 0) is 29.8 Å². The van der Waals surface area contributed by atoms with Crippen molar-refractivity contribution < 1.29 is 17.9 Å². The minimum atomic E-state index is -3.53. The van der Waals surface area contributed by atoms with Crippen LogP contribution in [0.15, 0.2) is 65.8 Å². The van der Waals surface area contributed by atoms with Crippen LogP contribution in [0.4, 0.5) is 0 Å². The highest BCUT2D eigenvalue weighted by Crippen LogP contribution is 2.34. The van der Waals surface area contributed by atoms with Gasteiger partial charge in [0.15, 0.2) is 21.3 Å². The van der Waals surface area contributed by atoms with E-state index in [1.807, 2.05) is 30.3 Å². The first-order valence-electron chi connectivity index (χ1n) is 9.01. The summed E-state index contributed by atoms with van der Waals surface area (Å²) in [7, 11) is -3.53. The van der Waals surface area contributed by atoms with Gasteiger partial charge in [0.25, 0.3) is 0 Å². The second-order valence-corrected chi connectivity index (χ2v) is 9.65. The van der Waals surface area contributed by atoms with Crippen LogP contribution in [0.3, 0.4) is 0 Å². The van der Waals surface area contributed by atoms with Crippen LogP contribution < -0.4 is 9.47 Å². The number of pyridine rings is 1. The molecule has 0 saturated heterocycles. The summed E-state index contributed by atoms with van der Waals surface area (Å²) in [6, 6.07) is 14.1. The molecule has 0 aliphatic carbocycles. The van der Waals surface area contributed by atoms with Crippen LogP contribution in [0, 0.1) is 0 Å². The molecule has 2 aromatic heterocycles. The van der Waals surface area contributed by atoms with Gasteiger partial charge in [0.2, 0.25) is 0 Å². The summed E-state index contributed by atoms with van der Waals surface area (Å²) in [5, 5.41) is 0.839. The largest absolute Gasteiger partial charge is 0.486 e. The molecule has 0 unspecified atom stereocenters. The van der Waals surface area contributed by atoms with Gasteiger partial charge in [-0.2, -0.15) is 0 Å². The van der Waals surface area contributed by atoms with Gasteiger partial charge < -0.3 is 9.47 Å². The summed E-state index contributed by atoms with van der Waals surface area (Å²) < 4.78 is 37.9. The lowest BCUT2D eigenvalue weighted by Gasteiger charge is -2.18. The molecule has 146 valence electrons. The molecule has 6 nitrogen and oxygen atoms in total. The monoisotopic (exact) mass is 424 g/mol. The van der Waals surface area contributed by atoms with E-state index in [0.29, 0.717) is 30.3 Å². The van der Waals surface area contributed by atoms with Crippen LogP contribution in [0.5, 0.6) is 11.5 Å². The second kappa shape index (κ2) is 7.13. The maximum atomic E-state index is 13.0. The number of rotatable bonds is 4. The minimum absolute atomic E-state index is 0.104. The van der Waals surface area contributed by atoms with E-state index in [1.54, 1.807) is 24.5 Å². The van der Waals surface area contributed by atoms with Gasteiger partial charge in [-0.3, -0.25) is 4.98 Å². The van der Waals surface area contributed by atoms with E-state index in [-0.39, 0.29) is 10.6 Å². The van der Waals surface area contributed by atoms with Gasteiger partial charge in [0, 0.05) is 24.0 Å². The van der Waals surface area contributed by atoms with Crippen LogP contribution >= 0.6 is 11.3 Å². The minimum Gasteiger partial charge on any atom is -0.486 e. The molecule has 3 heterocycles. The quantitative estimate of drug-likeness (QED) is 0.491. The zero-order valence-electron chi connectivity index (χ0n) is 15.2. The average molecular weight is 425 g/mol. The van der Waals surface area contributed by atoms with Crippen molar-refractivity contribution in [3.63, 3.8) is 0 Å². The van der Waals surface area contributed by atoms with E-state index >= 15 is 0 Å². The molecule has 0 atom stereocenters. The summed E-state index contributed by atoms with van der Waals surface area (Å²) in [4.78, 5) is 8.97. The number of ether oxygens (including phenoxy) is 2. The molecule has 0 fully saturated rings. The van der Waals surface area contributed by atoms with E-state index < -0.39 is 9.84 Å². The molecule has 0 radical (unpaired) electrons. The molecule has 4 aromatic rings. The molecule has 8 heteroatoms. The van der Waals surface area contributed by atoms with Crippen molar-refractivity contribution in [2.75, 3.05) is 13.2 Å². The normalized spacial score (nSPS) is 13.5. The molecular formula is C21H16N2O4S2. The van der Waals surface area contributed by atoms with Crippen LogP contribution in [-0.2, 0) is 15.6 Å². The van der Waals surface area contributed by atoms with Crippen molar-refractivity contribution in [2.24, 2.45) is 0 Å². The molecule has 0 N–H and O–H groups in total. The average Bonchev–Trinajstić information content (AvgIpc) is 3.18. The summed E-state index contributed by atoms with van der Waals surface area (Å²) in [6.07, 6.45) is 3.49. The molecule has 0 saturated carbocycles. The molecule has 1 aliphatic heterocycles. The second-order valence-electron chi connectivity index (χ2n) is 6.63. The maximum absolute atomic E-state index is 13.0. The highest BCUT2D eigenvalue weighted by molar-refractivity contribution is 7.90. The first-order chi connectivity index (χ1) is 14.1. The standard InChI is InChI=1S/C21H16N2O4S2/c24-29(25,16-4-5-18-19(11-16)27-9-8-26-18)13-14-2-1-3-15(10-14)21-23-17-6-7-22-12-20(17)28-21/h1-7,10-12H,8-9,13H2. The van der Waals surface area contributed by atoms with Gasteiger partial charge in [-0.25, -0.2) is 13.4 Å². The third-order valence-corrected chi connectivity index (χ3v) is 7.34. The molecule has 29 heavy (non-hydrogen) atoms. The van der Waals surface area contributed by atoms with Crippen molar-refractivity contribution in [3.05, 3.63) is 66.5 Å². The lowest BCUT2D eigenvalue weighted by Crippen LogP contribution is -2.16. The Morgan fingerprint density at radius 1 is 1.00 bits per heavy atom. The van der Waals surface area contributed by atoms with Gasteiger partial charge >= 0.3 is 0 Å². The third kappa shape index (κ3) is 3.56. The van der Waals surface area contributed by atoms with E-state index in [4.69, 9.17) is 9.47 Å². The van der Waals surface area contributed by atoms with Crippen molar-refractivity contribution in [1.82, 2.24) is 9.97 Å². The van der Waals surface area contributed by atoms with E-state index in [2.05, 4.69) is 9.97 Å². The fourth-order valence-electron chi connectivity index (χ4n) is 3.22. The third-order valence-electron chi connectivity index (χ3n) is 4.59. The first kappa shape index (κ1) is 18.1. The Kier molecular flexibility index (Phi) is 4.44. The Hall–Kier alpha value is -2.97. The van der Waals surface area contributed by atoms with Crippen molar-refractivity contribution in [2.45, 2.75) is 10.6 Å². The maximum Gasteiger partial charge on any atom is 0.182 e. The fraction of sp³-hybridized carbons (Fsp3) is 0.143. The van der Waals surface area contributed by atoms with Gasteiger partial charge in [-0.1, -0.05) is 18.2 Å². The summed E-state index contributed by atoms with van der Waals surface area (Å²) in [6.45, 7) is 0.879. The predicted octanol–water partition coefficient (Wildman–Crippen LogP) is 4.10. The highest BCUT2D eigenvalue weighted by Gasteiger charge is 2.20. The van der Waals surface area contributed by atoms with Crippen LogP contribution in [0.25, 0.3) is 20.8 Å². The van der Waals surface area contributed by atoms with E-state index in [1.165, 1.54) is 17.4 Å². The molecule has 5 rings (SSSR count). The summed E-state index contributed by atoms with van der Waals surface area (Å²) in [5.41, 5.74) is 2.48. The number of aromatic nitrogens is 2.